The Kier molecular flexibility index (Phi) is 5.11. The van der Waals surface area contributed by atoms with Gasteiger partial charge in [-0.3, -0.25) is 0 Å². The molecule has 0 bridgehead atoms. The molecule has 2 aliphatic rings. The summed E-state index contributed by atoms with van der Waals surface area (Å²) in [6.07, 6.45) is 3.08. The second-order valence-electron chi connectivity index (χ2n) is 6.86. The third-order valence-electron chi connectivity index (χ3n) is 5.73. The van der Waals surface area contributed by atoms with Crippen molar-refractivity contribution in [3.8, 4) is 0 Å². The fraction of sp³-hybridized carbons (Fsp3) is 0.632. The zero-order valence-electron chi connectivity index (χ0n) is 14.6. The molecule has 2 fully saturated rings. The Bertz CT molecular complexity index is 580. The van der Waals surface area contributed by atoms with Gasteiger partial charge in [-0.05, 0) is 37.8 Å². The number of carbonyl (C=O) groups excluding carboxylic acids is 1. The van der Waals surface area contributed by atoms with E-state index >= 15 is 0 Å². The van der Waals surface area contributed by atoms with Crippen LogP contribution < -0.4 is 5.32 Å². The van der Waals surface area contributed by atoms with Crippen molar-refractivity contribution in [3.63, 3.8) is 0 Å². The van der Waals surface area contributed by atoms with E-state index in [1.807, 2.05) is 36.1 Å². The van der Waals surface area contributed by atoms with Crippen LogP contribution >= 0.6 is 0 Å². The molecule has 1 aromatic rings. The summed E-state index contributed by atoms with van der Waals surface area (Å²) in [7, 11) is 0. The van der Waals surface area contributed by atoms with Gasteiger partial charge >= 0.3 is 6.03 Å². The normalized spacial score (nSPS) is 25.4. The van der Waals surface area contributed by atoms with Gasteiger partial charge in [-0.1, -0.05) is 25.1 Å². The van der Waals surface area contributed by atoms with Gasteiger partial charge < -0.3 is 20.1 Å². The number of likely N-dealkylation sites (tertiary alicyclic amines) is 1. The molecule has 1 saturated carbocycles. The molecule has 2 amide bonds. The minimum atomic E-state index is -0.292. The molecule has 24 heavy (non-hydrogen) atoms. The SMILES string of the molecule is CCO[C@H]1C[C@H](O)C12CCN(C(=O)Nc1ccccc1CC)CC2. The van der Waals surface area contributed by atoms with Gasteiger partial charge in [-0.25, -0.2) is 4.79 Å². The Labute approximate surface area is 144 Å². The van der Waals surface area contributed by atoms with Crippen LogP contribution in [0.5, 0.6) is 0 Å². The van der Waals surface area contributed by atoms with E-state index in [4.69, 9.17) is 4.74 Å². The van der Waals surface area contributed by atoms with Gasteiger partial charge in [0.15, 0.2) is 0 Å². The number of hydrogen-bond donors (Lipinski definition) is 2. The van der Waals surface area contributed by atoms with Crippen molar-refractivity contribution in [2.24, 2.45) is 5.41 Å². The topological polar surface area (TPSA) is 61.8 Å². The lowest BCUT2D eigenvalue weighted by atomic mass is 9.58. The number of rotatable bonds is 4. The molecule has 0 aromatic heterocycles. The lowest BCUT2D eigenvalue weighted by Crippen LogP contribution is -2.63. The van der Waals surface area contributed by atoms with Crippen LogP contribution in [-0.2, 0) is 11.2 Å². The van der Waals surface area contributed by atoms with E-state index in [2.05, 4.69) is 12.2 Å². The van der Waals surface area contributed by atoms with E-state index in [1.165, 1.54) is 0 Å². The van der Waals surface area contributed by atoms with Crippen molar-refractivity contribution >= 4 is 11.7 Å². The van der Waals surface area contributed by atoms with Crippen molar-refractivity contribution in [1.29, 1.82) is 0 Å². The van der Waals surface area contributed by atoms with E-state index in [9.17, 15) is 9.90 Å². The number of anilines is 1. The molecular formula is C19H28N2O3. The Hall–Kier alpha value is -1.59. The van der Waals surface area contributed by atoms with E-state index in [1.54, 1.807) is 0 Å². The summed E-state index contributed by atoms with van der Waals surface area (Å²) in [6, 6.07) is 7.87. The Morgan fingerprint density at radius 2 is 2.04 bits per heavy atom. The lowest BCUT2D eigenvalue weighted by Gasteiger charge is -2.56. The zero-order chi connectivity index (χ0) is 17.2. The fourth-order valence-electron chi connectivity index (χ4n) is 4.09. The summed E-state index contributed by atoms with van der Waals surface area (Å²) in [5, 5.41) is 13.3. The number of aliphatic hydroxyl groups is 1. The smallest absolute Gasteiger partial charge is 0.321 e. The molecule has 1 aliphatic heterocycles. The van der Waals surface area contributed by atoms with E-state index in [0.29, 0.717) is 19.7 Å². The second kappa shape index (κ2) is 7.11. The third-order valence-corrected chi connectivity index (χ3v) is 5.73. The maximum Gasteiger partial charge on any atom is 0.321 e. The highest BCUT2D eigenvalue weighted by Crippen LogP contribution is 2.50. The highest BCUT2D eigenvalue weighted by atomic mass is 16.5. The summed E-state index contributed by atoms with van der Waals surface area (Å²) < 4.78 is 5.78. The molecule has 2 N–H and O–H groups in total. The molecule has 1 heterocycles. The molecule has 132 valence electrons. The average Bonchev–Trinajstić information content (AvgIpc) is 2.62. The highest BCUT2D eigenvalue weighted by Gasteiger charge is 2.56. The highest BCUT2D eigenvalue weighted by molar-refractivity contribution is 5.90. The van der Waals surface area contributed by atoms with Crippen molar-refractivity contribution in [2.45, 2.75) is 51.7 Å². The number of amides is 2. The maximum absolute atomic E-state index is 12.6. The minimum Gasteiger partial charge on any atom is -0.392 e. The van der Waals surface area contributed by atoms with E-state index < -0.39 is 0 Å². The van der Waals surface area contributed by atoms with Crippen LogP contribution in [0.25, 0.3) is 0 Å². The standard InChI is InChI=1S/C19H28N2O3/c1-3-14-7-5-6-8-15(14)20-18(23)21-11-9-19(10-12-21)16(22)13-17(19)24-4-2/h5-8,16-17,22H,3-4,9-13H2,1-2H3,(H,20,23)/t16-,17-/m0/s1. The van der Waals surface area contributed by atoms with Crippen LogP contribution in [0.15, 0.2) is 24.3 Å². The zero-order valence-corrected chi connectivity index (χ0v) is 14.6. The molecule has 1 spiro atoms. The number of nitrogens with one attached hydrogen (secondary N) is 1. The number of ether oxygens (including phenoxy) is 1. The molecule has 2 atom stereocenters. The first kappa shape index (κ1) is 17.2. The molecule has 0 unspecified atom stereocenters. The number of urea groups is 1. The van der Waals surface area contributed by atoms with Gasteiger partial charge in [0.2, 0.25) is 0 Å². The number of aliphatic hydroxyl groups excluding tert-OH is 1. The number of hydrogen-bond acceptors (Lipinski definition) is 3. The Morgan fingerprint density at radius 3 is 2.67 bits per heavy atom. The quantitative estimate of drug-likeness (QED) is 0.891. The Balaban J connectivity index is 1.59. The second-order valence-corrected chi connectivity index (χ2v) is 6.86. The summed E-state index contributed by atoms with van der Waals surface area (Å²) in [5.41, 5.74) is 1.89. The number of piperidine rings is 1. The van der Waals surface area contributed by atoms with Gasteiger partial charge in [-0.2, -0.15) is 0 Å². The van der Waals surface area contributed by atoms with Crippen LogP contribution in [0.4, 0.5) is 10.5 Å². The van der Waals surface area contributed by atoms with Crippen LogP contribution in [0.3, 0.4) is 0 Å². The first-order valence-corrected chi connectivity index (χ1v) is 9.04. The number of aryl methyl sites for hydroxylation is 1. The first-order valence-electron chi connectivity index (χ1n) is 9.04. The van der Waals surface area contributed by atoms with Crippen molar-refractivity contribution in [2.75, 3.05) is 25.0 Å². The van der Waals surface area contributed by atoms with E-state index in [0.717, 1.165) is 36.9 Å². The van der Waals surface area contributed by atoms with Crippen LogP contribution in [0.1, 0.15) is 38.7 Å². The van der Waals surface area contributed by atoms with E-state index in [-0.39, 0.29) is 23.7 Å². The molecule has 3 rings (SSSR count). The van der Waals surface area contributed by atoms with Crippen molar-refractivity contribution in [3.05, 3.63) is 29.8 Å². The van der Waals surface area contributed by atoms with Gasteiger partial charge in [0, 0.05) is 37.2 Å². The number of nitrogens with zero attached hydrogens (tertiary/aromatic N) is 1. The molecular weight excluding hydrogens is 304 g/mol. The molecule has 1 aromatic carbocycles. The minimum absolute atomic E-state index is 0.0486. The lowest BCUT2D eigenvalue weighted by molar-refractivity contribution is -0.207. The largest absolute Gasteiger partial charge is 0.392 e. The van der Waals surface area contributed by atoms with Crippen LogP contribution in [0.2, 0.25) is 0 Å². The van der Waals surface area contributed by atoms with Crippen LogP contribution in [-0.4, -0.2) is 47.9 Å². The summed E-state index contributed by atoms with van der Waals surface area (Å²) >= 11 is 0. The van der Waals surface area contributed by atoms with Gasteiger partial charge in [-0.15, -0.1) is 0 Å². The summed E-state index contributed by atoms with van der Waals surface area (Å²) in [4.78, 5) is 14.4. The first-order chi connectivity index (χ1) is 11.6. The molecule has 5 nitrogen and oxygen atoms in total. The number of para-hydroxylation sites is 1. The molecule has 1 aliphatic carbocycles. The van der Waals surface area contributed by atoms with Crippen molar-refractivity contribution in [1.82, 2.24) is 4.90 Å². The Morgan fingerprint density at radius 1 is 1.33 bits per heavy atom. The predicted molar refractivity (Wildman–Crippen MR) is 94.1 cm³/mol. The number of carbonyl (C=O) groups is 1. The monoisotopic (exact) mass is 332 g/mol. The maximum atomic E-state index is 12.6. The molecule has 0 radical (unpaired) electrons. The predicted octanol–water partition coefficient (Wildman–Crippen LogP) is 3.03. The average molecular weight is 332 g/mol. The van der Waals surface area contributed by atoms with Crippen LogP contribution in [0, 0.1) is 5.41 Å². The van der Waals surface area contributed by atoms with Gasteiger partial charge in [0.05, 0.1) is 12.2 Å². The molecule has 1 saturated heterocycles. The van der Waals surface area contributed by atoms with Gasteiger partial charge in [0.25, 0.3) is 0 Å². The third kappa shape index (κ3) is 3.03. The number of benzene rings is 1. The van der Waals surface area contributed by atoms with Crippen molar-refractivity contribution < 1.29 is 14.6 Å². The fourth-order valence-corrected chi connectivity index (χ4v) is 4.09. The summed E-state index contributed by atoms with van der Waals surface area (Å²) in [6.45, 7) is 6.09. The molecule has 5 heteroatoms. The van der Waals surface area contributed by atoms with Gasteiger partial charge in [0.1, 0.15) is 0 Å². The summed E-state index contributed by atoms with van der Waals surface area (Å²) in [5.74, 6) is 0.